The average molecular weight is 482 g/mol. The smallest absolute Gasteiger partial charge is 0.325 e. The number of anilines is 1. The lowest BCUT2D eigenvalue weighted by atomic mass is 10.0. The quantitative estimate of drug-likeness (QED) is 0.368. The standard InChI is InChI=1S/C21H19ClF3N5O3/c1-28(12-18-26-9-10-29(18)13-21(23,24)25)19(14-5-3-2-4-6-14)20(31)27-15-7-8-16(22)17(11-15)30(32)33/h2-11,19H,12-13H2,1H3,(H,27,31). The van der Waals surface area contributed by atoms with Gasteiger partial charge in [0.25, 0.3) is 5.69 Å². The number of amides is 1. The number of hydrogen-bond donors (Lipinski definition) is 1. The van der Waals surface area contributed by atoms with Crippen molar-refractivity contribution in [1.29, 1.82) is 0 Å². The summed E-state index contributed by atoms with van der Waals surface area (Å²) >= 11 is 5.82. The second-order valence-corrected chi connectivity index (χ2v) is 7.63. The number of aromatic nitrogens is 2. The van der Waals surface area contributed by atoms with Crippen LogP contribution in [-0.4, -0.2) is 38.5 Å². The van der Waals surface area contributed by atoms with Crippen molar-refractivity contribution in [3.05, 3.63) is 87.4 Å². The van der Waals surface area contributed by atoms with Gasteiger partial charge in [0.15, 0.2) is 0 Å². The Morgan fingerprint density at radius 1 is 1.27 bits per heavy atom. The summed E-state index contributed by atoms with van der Waals surface area (Å²) in [5.74, 6) is -0.403. The SMILES string of the molecule is CN(Cc1nccn1CC(F)(F)F)C(C(=O)Nc1ccc(Cl)c([N+](=O)[O-])c1)c1ccccc1. The van der Waals surface area contributed by atoms with E-state index in [0.717, 1.165) is 10.6 Å². The number of hydrogen-bond acceptors (Lipinski definition) is 5. The zero-order valence-electron chi connectivity index (χ0n) is 17.3. The molecule has 0 spiro atoms. The van der Waals surface area contributed by atoms with Crippen molar-refractivity contribution < 1.29 is 22.9 Å². The van der Waals surface area contributed by atoms with E-state index >= 15 is 0 Å². The van der Waals surface area contributed by atoms with E-state index < -0.39 is 29.6 Å². The molecular formula is C21H19ClF3N5O3. The molecule has 0 saturated carbocycles. The summed E-state index contributed by atoms with van der Waals surface area (Å²) in [4.78, 5) is 29.2. The monoisotopic (exact) mass is 481 g/mol. The van der Waals surface area contributed by atoms with E-state index in [4.69, 9.17) is 11.6 Å². The highest BCUT2D eigenvalue weighted by Crippen LogP contribution is 2.29. The summed E-state index contributed by atoms with van der Waals surface area (Å²) in [6.45, 7) is -1.26. The van der Waals surface area contributed by atoms with Gasteiger partial charge < -0.3 is 9.88 Å². The first kappa shape index (κ1) is 24.2. The number of nitro groups is 1. The number of nitrogens with one attached hydrogen (secondary N) is 1. The lowest BCUT2D eigenvalue weighted by Gasteiger charge is -2.27. The van der Waals surface area contributed by atoms with Gasteiger partial charge in [-0.25, -0.2) is 4.98 Å². The van der Waals surface area contributed by atoms with Crippen LogP contribution in [-0.2, 0) is 17.9 Å². The number of rotatable bonds is 8. The summed E-state index contributed by atoms with van der Waals surface area (Å²) in [6, 6.07) is 11.5. The Hall–Kier alpha value is -3.44. The van der Waals surface area contributed by atoms with Crippen LogP contribution in [0, 0.1) is 10.1 Å². The van der Waals surface area contributed by atoms with Crippen LogP contribution in [0.1, 0.15) is 17.4 Å². The lowest BCUT2D eigenvalue weighted by Crippen LogP contribution is -2.35. The molecule has 3 aromatic rings. The molecule has 1 unspecified atom stereocenters. The third kappa shape index (κ3) is 6.30. The van der Waals surface area contributed by atoms with Gasteiger partial charge in [-0.15, -0.1) is 0 Å². The van der Waals surface area contributed by atoms with E-state index in [1.807, 2.05) is 0 Å². The molecule has 1 atom stereocenters. The van der Waals surface area contributed by atoms with E-state index in [-0.39, 0.29) is 28.8 Å². The molecule has 1 N–H and O–H groups in total. The molecular weight excluding hydrogens is 463 g/mol. The van der Waals surface area contributed by atoms with Crippen molar-refractivity contribution in [2.24, 2.45) is 0 Å². The minimum atomic E-state index is -4.42. The number of halogens is 4. The maximum Gasteiger partial charge on any atom is 0.406 e. The fraction of sp³-hybridized carbons (Fsp3) is 0.238. The highest BCUT2D eigenvalue weighted by molar-refractivity contribution is 6.32. The Bertz CT molecular complexity index is 1140. The number of imidazole rings is 1. The molecule has 8 nitrogen and oxygen atoms in total. The average Bonchev–Trinajstić information content (AvgIpc) is 3.14. The Balaban J connectivity index is 1.87. The van der Waals surface area contributed by atoms with Crippen LogP contribution in [0.3, 0.4) is 0 Å². The maximum atomic E-state index is 13.2. The van der Waals surface area contributed by atoms with Gasteiger partial charge in [0.05, 0.1) is 11.5 Å². The van der Waals surface area contributed by atoms with Crippen molar-refractivity contribution in [2.45, 2.75) is 25.3 Å². The van der Waals surface area contributed by atoms with Crippen LogP contribution < -0.4 is 5.32 Å². The molecule has 0 aliphatic heterocycles. The number of nitrogens with zero attached hydrogens (tertiary/aromatic N) is 4. The molecule has 1 aromatic heterocycles. The van der Waals surface area contributed by atoms with Crippen LogP contribution in [0.25, 0.3) is 0 Å². The van der Waals surface area contributed by atoms with Crippen molar-refractivity contribution in [3.63, 3.8) is 0 Å². The molecule has 0 saturated heterocycles. The van der Waals surface area contributed by atoms with E-state index in [1.54, 1.807) is 42.3 Å². The van der Waals surface area contributed by atoms with E-state index in [9.17, 15) is 28.1 Å². The van der Waals surface area contributed by atoms with Crippen molar-refractivity contribution in [3.8, 4) is 0 Å². The number of carbonyl (C=O) groups excluding carboxylic acids is 1. The predicted octanol–water partition coefficient (Wildman–Crippen LogP) is 4.82. The van der Waals surface area contributed by atoms with Crippen molar-refractivity contribution in [2.75, 3.05) is 12.4 Å². The second-order valence-electron chi connectivity index (χ2n) is 7.23. The van der Waals surface area contributed by atoms with Gasteiger partial charge in [0, 0.05) is 24.1 Å². The van der Waals surface area contributed by atoms with E-state index in [2.05, 4.69) is 10.3 Å². The third-order valence-corrected chi connectivity index (χ3v) is 5.08. The van der Waals surface area contributed by atoms with Crippen molar-refractivity contribution >= 4 is 28.9 Å². The number of likely N-dealkylation sites (N-methyl/N-ethyl adjacent to an activating group) is 1. The zero-order chi connectivity index (χ0) is 24.2. The Morgan fingerprint density at radius 3 is 2.61 bits per heavy atom. The molecule has 1 amide bonds. The zero-order valence-corrected chi connectivity index (χ0v) is 18.0. The molecule has 0 fully saturated rings. The minimum Gasteiger partial charge on any atom is -0.325 e. The maximum absolute atomic E-state index is 13.2. The van der Waals surface area contributed by atoms with Gasteiger partial charge in [-0.05, 0) is 24.7 Å². The van der Waals surface area contributed by atoms with E-state index in [1.165, 1.54) is 24.5 Å². The second kappa shape index (κ2) is 10.0. The highest BCUT2D eigenvalue weighted by atomic mass is 35.5. The largest absolute Gasteiger partial charge is 0.406 e. The molecule has 33 heavy (non-hydrogen) atoms. The van der Waals surface area contributed by atoms with Gasteiger partial charge in [-0.1, -0.05) is 41.9 Å². The first-order chi connectivity index (χ1) is 15.5. The fourth-order valence-electron chi connectivity index (χ4n) is 3.33. The van der Waals surface area contributed by atoms with Gasteiger partial charge in [-0.3, -0.25) is 19.8 Å². The molecule has 0 aliphatic carbocycles. The van der Waals surface area contributed by atoms with Crippen molar-refractivity contribution in [1.82, 2.24) is 14.5 Å². The Labute approximate surface area is 191 Å². The molecule has 0 radical (unpaired) electrons. The number of alkyl halides is 3. The van der Waals surface area contributed by atoms with Gasteiger partial charge >= 0.3 is 6.18 Å². The number of carbonyl (C=O) groups is 1. The van der Waals surface area contributed by atoms with Crippen LogP contribution in [0.15, 0.2) is 60.9 Å². The minimum absolute atomic E-state index is 0.0587. The summed E-state index contributed by atoms with van der Waals surface area (Å²) in [5.41, 5.74) is 0.368. The molecule has 174 valence electrons. The van der Waals surface area contributed by atoms with Gasteiger partial charge in [-0.2, -0.15) is 13.2 Å². The first-order valence-electron chi connectivity index (χ1n) is 9.62. The summed E-state index contributed by atoms with van der Waals surface area (Å²) < 4.78 is 39.6. The molecule has 1 heterocycles. The third-order valence-electron chi connectivity index (χ3n) is 4.76. The summed E-state index contributed by atoms with van der Waals surface area (Å²) in [6.07, 6.45) is -1.94. The molecule has 0 aliphatic rings. The molecule has 0 bridgehead atoms. The number of benzene rings is 2. The van der Waals surface area contributed by atoms with Crippen LogP contribution >= 0.6 is 11.6 Å². The summed E-state index contributed by atoms with van der Waals surface area (Å²) in [5, 5.41) is 13.7. The Morgan fingerprint density at radius 2 is 1.97 bits per heavy atom. The highest BCUT2D eigenvalue weighted by Gasteiger charge is 2.31. The topological polar surface area (TPSA) is 93.3 Å². The molecule has 3 rings (SSSR count). The van der Waals surface area contributed by atoms with Gasteiger partial charge in [0.2, 0.25) is 5.91 Å². The Kier molecular flexibility index (Phi) is 7.34. The first-order valence-corrected chi connectivity index (χ1v) is 9.99. The molecule has 2 aromatic carbocycles. The predicted molar refractivity (Wildman–Crippen MR) is 116 cm³/mol. The van der Waals surface area contributed by atoms with Gasteiger partial charge in [0.1, 0.15) is 23.4 Å². The van der Waals surface area contributed by atoms with Crippen LogP contribution in [0.2, 0.25) is 5.02 Å². The van der Waals surface area contributed by atoms with Crippen LogP contribution in [0.4, 0.5) is 24.5 Å². The fourth-order valence-corrected chi connectivity index (χ4v) is 3.51. The molecule has 12 heteroatoms. The normalized spacial score (nSPS) is 12.5. The lowest BCUT2D eigenvalue weighted by molar-refractivity contribution is -0.384. The van der Waals surface area contributed by atoms with Crippen LogP contribution in [0.5, 0.6) is 0 Å². The summed E-state index contributed by atoms with van der Waals surface area (Å²) in [7, 11) is 1.58. The number of nitro benzene ring substituents is 1. The van der Waals surface area contributed by atoms with E-state index in [0.29, 0.717) is 5.56 Å².